The smallest absolute Gasteiger partial charge is 0.127 e. The minimum Gasteiger partial charge on any atom is -0.457 e. The summed E-state index contributed by atoms with van der Waals surface area (Å²) in [5, 5.41) is 11.7. The molecule has 0 atom stereocenters. The number of hydrogen-bond acceptors (Lipinski definition) is 5. The van der Waals surface area contributed by atoms with Crippen molar-refractivity contribution in [3.8, 4) is 11.5 Å². The summed E-state index contributed by atoms with van der Waals surface area (Å²) < 4.78 is 5.90. The Morgan fingerprint density at radius 2 is 1.26 bits per heavy atom. The molecule has 4 rings (SSSR count). The molecule has 5 nitrogen and oxygen atoms in total. The lowest BCUT2D eigenvalue weighted by Gasteiger charge is -2.22. The minimum atomic E-state index is 0.860. The monoisotopic (exact) mass is 415 g/mol. The standard InChI is InChI=1S/C26H29N3O2/c30-27-19-22-7-9-23(10-8-22)20-28-15-4-16-29(18-17-28)21-24-11-13-26(14-12-24)31-25-5-2-1-3-6-25/h1-3,5-14,19,30H,4,15-18,20-21H2. The van der Waals surface area contributed by atoms with E-state index in [1.807, 2.05) is 42.5 Å². The molecular weight excluding hydrogens is 386 g/mol. The van der Waals surface area contributed by atoms with E-state index in [1.165, 1.54) is 23.8 Å². The number of benzene rings is 3. The molecule has 0 spiro atoms. The predicted molar refractivity (Wildman–Crippen MR) is 124 cm³/mol. The molecule has 1 heterocycles. The van der Waals surface area contributed by atoms with Gasteiger partial charge in [0.05, 0.1) is 6.21 Å². The van der Waals surface area contributed by atoms with Crippen LogP contribution in [0.1, 0.15) is 23.1 Å². The highest BCUT2D eigenvalue weighted by atomic mass is 16.5. The zero-order chi connectivity index (χ0) is 21.3. The average Bonchev–Trinajstić information content (AvgIpc) is 3.02. The van der Waals surface area contributed by atoms with Crippen molar-refractivity contribution in [2.24, 2.45) is 5.16 Å². The molecule has 1 aliphatic heterocycles. The molecule has 0 bridgehead atoms. The van der Waals surface area contributed by atoms with Crippen LogP contribution in [0, 0.1) is 0 Å². The lowest BCUT2D eigenvalue weighted by atomic mass is 10.1. The number of para-hydroxylation sites is 1. The molecule has 1 fully saturated rings. The minimum absolute atomic E-state index is 0.860. The van der Waals surface area contributed by atoms with Gasteiger partial charge in [0.15, 0.2) is 0 Å². The summed E-state index contributed by atoms with van der Waals surface area (Å²) in [7, 11) is 0. The predicted octanol–water partition coefficient (Wildman–Crippen LogP) is 4.99. The van der Waals surface area contributed by atoms with Gasteiger partial charge in [-0.25, -0.2) is 0 Å². The highest BCUT2D eigenvalue weighted by molar-refractivity contribution is 5.78. The van der Waals surface area contributed by atoms with Crippen LogP contribution in [0.2, 0.25) is 0 Å². The van der Waals surface area contributed by atoms with Crippen molar-refractivity contribution in [2.75, 3.05) is 26.2 Å². The topological polar surface area (TPSA) is 48.3 Å². The second-order valence-corrected chi connectivity index (χ2v) is 7.95. The fraction of sp³-hybridized carbons (Fsp3) is 0.269. The third-order valence-corrected chi connectivity index (χ3v) is 5.58. The first-order chi connectivity index (χ1) is 15.3. The molecule has 5 heteroatoms. The van der Waals surface area contributed by atoms with Crippen molar-refractivity contribution in [1.82, 2.24) is 9.80 Å². The van der Waals surface area contributed by atoms with Crippen LogP contribution in [-0.2, 0) is 13.1 Å². The Morgan fingerprint density at radius 3 is 1.84 bits per heavy atom. The van der Waals surface area contributed by atoms with E-state index in [0.717, 1.165) is 56.3 Å². The molecular formula is C26H29N3O2. The zero-order valence-corrected chi connectivity index (χ0v) is 17.7. The summed E-state index contributed by atoms with van der Waals surface area (Å²) in [5.74, 6) is 1.73. The Morgan fingerprint density at radius 1 is 0.710 bits per heavy atom. The van der Waals surface area contributed by atoms with Crippen LogP contribution in [-0.4, -0.2) is 47.4 Å². The van der Waals surface area contributed by atoms with E-state index in [0.29, 0.717) is 0 Å². The normalized spacial score (nSPS) is 15.7. The second-order valence-electron chi connectivity index (χ2n) is 7.95. The molecule has 0 saturated carbocycles. The van der Waals surface area contributed by atoms with Crippen molar-refractivity contribution < 1.29 is 9.94 Å². The maximum absolute atomic E-state index is 8.64. The SMILES string of the molecule is ON=Cc1ccc(CN2CCCN(Cc3ccc(Oc4ccccc4)cc3)CC2)cc1. The van der Waals surface area contributed by atoms with E-state index >= 15 is 0 Å². The summed E-state index contributed by atoms with van der Waals surface area (Å²) in [6.07, 6.45) is 2.62. The third-order valence-electron chi connectivity index (χ3n) is 5.58. The molecule has 3 aromatic rings. The molecule has 0 aliphatic carbocycles. The zero-order valence-electron chi connectivity index (χ0n) is 17.7. The van der Waals surface area contributed by atoms with Crippen molar-refractivity contribution in [3.63, 3.8) is 0 Å². The van der Waals surface area contributed by atoms with Gasteiger partial charge in [-0.2, -0.15) is 0 Å². The Labute approximate surface area is 184 Å². The molecule has 1 N–H and O–H groups in total. The van der Waals surface area contributed by atoms with E-state index in [1.54, 1.807) is 0 Å². The van der Waals surface area contributed by atoms with Crippen LogP contribution in [0.5, 0.6) is 11.5 Å². The summed E-state index contributed by atoms with van der Waals surface area (Å²) in [5.41, 5.74) is 3.51. The lowest BCUT2D eigenvalue weighted by molar-refractivity contribution is 0.247. The second kappa shape index (κ2) is 10.8. The lowest BCUT2D eigenvalue weighted by Crippen LogP contribution is -2.30. The van der Waals surface area contributed by atoms with Gasteiger partial charge in [0.25, 0.3) is 0 Å². The summed E-state index contributed by atoms with van der Waals surface area (Å²) in [6, 6.07) is 26.5. The van der Waals surface area contributed by atoms with Crippen LogP contribution < -0.4 is 4.74 Å². The van der Waals surface area contributed by atoms with Crippen molar-refractivity contribution in [1.29, 1.82) is 0 Å². The fourth-order valence-corrected chi connectivity index (χ4v) is 3.92. The molecule has 1 aliphatic rings. The molecule has 0 aromatic heterocycles. The molecule has 1 saturated heterocycles. The highest BCUT2D eigenvalue weighted by Gasteiger charge is 2.15. The van der Waals surface area contributed by atoms with E-state index in [9.17, 15) is 0 Å². The van der Waals surface area contributed by atoms with Gasteiger partial charge in [0, 0.05) is 26.2 Å². The maximum atomic E-state index is 8.64. The van der Waals surface area contributed by atoms with E-state index in [-0.39, 0.29) is 0 Å². The average molecular weight is 416 g/mol. The largest absolute Gasteiger partial charge is 0.457 e. The third kappa shape index (κ3) is 6.41. The summed E-state index contributed by atoms with van der Waals surface area (Å²) >= 11 is 0. The van der Waals surface area contributed by atoms with E-state index in [4.69, 9.17) is 9.94 Å². The van der Waals surface area contributed by atoms with E-state index in [2.05, 4.69) is 51.4 Å². The van der Waals surface area contributed by atoms with Crippen LogP contribution in [0.4, 0.5) is 0 Å². The van der Waals surface area contributed by atoms with Gasteiger partial charge in [-0.1, -0.05) is 59.8 Å². The first-order valence-corrected chi connectivity index (χ1v) is 10.8. The van der Waals surface area contributed by atoms with Gasteiger partial charge < -0.3 is 9.94 Å². The van der Waals surface area contributed by atoms with Crippen LogP contribution in [0.25, 0.3) is 0 Å². The number of oxime groups is 1. The fourth-order valence-electron chi connectivity index (χ4n) is 3.92. The molecule has 0 radical (unpaired) electrons. The molecule has 31 heavy (non-hydrogen) atoms. The Balaban J connectivity index is 1.26. The Bertz CT molecular complexity index is 956. The number of nitrogens with zero attached hydrogens (tertiary/aromatic N) is 3. The van der Waals surface area contributed by atoms with Crippen molar-refractivity contribution in [2.45, 2.75) is 19.5 Å². The number of rotatable bonds is 7. The van der Waals surface area contributed by atoms with Gasteiger partial charge in [0.2, 0.25) is 0 Å². The molecule has 3 aromatic carbocycles. The summed E-state index contributed by atoms with van der Waals surface area (Å²) in [4.78, 5) is 5.06. The quantitative estimate of drug-likeness (QED) is 0.335. The highest BCUT2D eigenvalue weighted by Crippen LogP contribution is 2.22. The number of hydrogen-bond donors (Lipinski definition) is 1. The first kappa shape index (κ1) is 21.1. The maximum Gasteiger partial charge on any atom is 0.127 e. The van der Waals surface area contributed by atoms with Crippen LogP contribution >= 0.6 is 0 Å². The summed E-state index contributed by atoms with van der Waals surface area (Å²) in [6.45, 7) is 6.28. The van der Waals surface area contributed by atoms with Crippen LogP contribution in [0.3, 0.4) is 0 Å². The van der Waals surface area contributed by atoms with Crippen molar-refractivity contribution in [3.05, 3.63) is 95.6 Å². The van der Waals surface area contributed by atoms with Gasteiger partial charge in [-0.3, -0.25) is 9.80 Å². The Kier molecular flexibility index (Phi) is 7.32. The van der Waals surface area contributed by atoms with Gasteiger partial charge in [-0.05, 0) is 60.5 Å². The van der Waals surface area contributed by atoms with Gasteiger partial charge >= 0.3 is 0 Å². The van der Waals surface area contributed by atoms with Gasteiger partial charge in [-0.15, -0.1) is 0 Å². The van der Waals surface area contributed by atoms with Crippen molar-refractivity contribution >= 4 is 6.21 Å². The Hall–Kier alpha value is -3.15. The first-order valence-electron chi connectivity index (χ1n) is 10.8. The van der Waals surface area contributed by atoms with Crippen LogP contribution in [0.15, 0.2) is 84.0 Å². The number of ether oxygens (including phenoxy) is 1. The molecule has 0 unspecified atom stereocenters. The molecule has 0 amide bonds. The van der Waals surface area contributed by atoms with E-state index < -0.39 is 0 Å². The van der Waals surface area contributed by atoms with Gasteiger partial charge in [0.1, 0.15) is 11.5 Å². The molecule has 160 valence electrons.